The van der Waals surface area contributed by atoms with E-state index in [1.807, 2.05) is 31.3 Å². The molecule has 0 aliphatic rings. The smallest absolute Gasteiger partial charge is 0.252 e. The zero-order valence-corrected chi connectivity index (χ0v) is 16.4. The molecule has 1 aromatic heterocycles. The quantitative estimate of drug-likeness (QED) is 0.633. The number of nitriles is 1. The summed E-state index contributed by atoms with van der Waals surface area (Å²) in [5.74, 6) is -0.961. The highest BCUT2D eigenvalue weighted by Crippen LogP contribution is 2.22. The van der Waals surface area contributed by atoms with Gasteiger partial charge in [0.2, 0.25) is 5.91 Å². The molecule has 3 N–H and O–H groups in total. The predicted octanol–water partition coefficient (Wildman–Crippen LogP) is 3.15. The van der Waals surface area contributed by atoms with Crippen LogP contribution < -0.4 is 11.1 Å². The Balaban J connectivity index is 0.00000320. The van der Waals surface area contributed by atoms with Crippen LogP contribution in [0.1, 0.15) is 40.2 Å². The number of hydrogen-bond acceptors (Lipinski definition) is 4. The number of carbonyl (C=O) groups excluding carboxylic acids is 2. The zero-order chi connectivity index (χ0) is 21.0. The van der Waals surface area contributed by atoms with Gasteiger partial charge in [-0.25, -0.2) is 4.68 Å². The Kier molecular flexibility index (Phi) is 7.34. The first-order chi connectivity index (χ1) is 13.9. The molecule has 0 aliphatic heterocycles. The number of amides is 2. The van der Waals surface area contributed by atoms with E-state index in [1.165, 1.54) is 0 Å². The fourth-order valence-electron chi connectivity index (χ4n) is 2.90. The number of nitrogens with zero attached hydrogens (tertiary/aromatic N) is 3. The van der Waals surface area contributed by atoms with E-state index < -0.39 is 5.91 Å². The molecule has 7 nitrogen and oxygen atoms in total. The molecule has 0 bridgehead atoms. The third-order valence-corrected chi connectivity index (χ3v) is 4.72. The number of benzene rings is 2. The van der Waals surface area contributed by atoms with Crippen LogP contribution in [0.3, 0.4) is 0 Å². The molecule has 0 spiro atoms. The van der Waals surface area contributed by atoms with Gasteiger partial charge in [0.05, 0.1) is 28.5 Å². The van der Waals surface area contributed by atoms with Crippen molar-refractivity contribution in [2.24, 2.45) is 5.73 Å². The van der Waals surface area contributed by atoms with Gasteiger partial charge in [-0.05, 0) is 42.3 Å². The van der Waals surface area contributed by atoms with Gasteiger partial charge in [-0.15, -0.1) is 0 Å². The molecule has 30 heavy (non-hydrogen) atoms. The lowest BCUT2D eigenvalue weighted by Gasteiger charge is -2.09. The number of aryl methyl sites for hydroxylation is 1. The van der Waals surface area contributed by atoms with Crippen LogP contribution in [0.25, 0.3) is 5.69 Å². The van der Waals surface area contributed by atoms with E-state index in [9.17, 15) is 9.59 Å². The van der Waals surface area contributed by atoms with E-state index >= 15 is 0 Å². The van der Waals surface area contributed by atoms with Crippen molar-refractivity contribution in [2.75, 3.05) is 6.54 Å². The number of hydrogen-bond donors (Lipinski definition) is 2. The first kappa shape index (κ1) is 22.7. The monoisotopic (exact) mass is 423 g/mol. The van der Waals surface area contributed by atoms with Crippen molar-refractivity contribution < 1.29 is 9.59 Å². The van der Waals surface area contributed by atoms with Gasteiger partial charge in [0.15, 0.2) is 0 Å². The summed E-state index contributed by atoms with van der Waals surface area (Å²) in [4.78, 5) is 23.3. The summed E-state index contributed by atoms with van der Waals surface area (Å²) in [6, 6.07) is 14.3. The molecule has 0 radical (unpaired) electrons. The lowest BCUT2D eigenvalue weighted by atomic mass is 10.00. The Morgan fingerprint density at radius 1 is 1.23 bits per heavy atom. The van der Waals surface area contributed by atoms with Gasteiger partial charge in [0, 0.05) is 18.2 Å². The standard InChI is InChI=1S/C21H18ClN5O2.CH4/c1-13-16(12-27(26-13)17-7-6-15(10-23)19(22)9-17)8-14-4-2-3-5-18(14)21(29)25-11-20(24)28;/h2-7,9,12H,8,11H2,1H3,(H2,24,28)(H,25,29);1H4. The summed E-state index contributed by atoms with van der Waals surface area (Å²) < 4.78 is 1.69. The summed E-state index contributed by atoms with van der Waals surface area (Å²) in [5, 5.41) is 16.4. The number of carbonyl (C=O) groups is 2. The Bertz CT molecular complexity index is 1130. The van der Waals surface area contributed by atoms with E-state index in [0.717, 1.165) is 22.5 Å². The average molecular weight is 424 g/mol. The van der Waals surface area contributed by atoms with E-state index in [4.69, 9.17) is 22.6 Å². The number of rotatable bonds is 6. The molecular weight excluding hydrogens is 402 g/mol. The molecule has 0 atom stereocenters. The van der Waals surface area contributed by atoms with Crippen LogP contribution in [-0.4, -0.2) is 28.1 Å². The third kappa shape index (κ3) is 5.04. The molecule has 2 aromatic carbocycles. The molecule has 0 unspecified atom stereocenters. The minimum absolute atomic E-state index is 0. The van der Waals surface area contributed by atoms with Gasteiger partial charge >= 0.3 is 0 Å². The minimum atomic E-state index is -0.603. The Hall–Kier alpha value is -3.63. The second kappa shape index (κ2) is 9.72. The SMILES string of the molecule is C.Cc1nn(-c2ccc(C#N)c(Cl)c2)cc1Cc1ccccc1C(=O)NCC(N)=O. The van der Waals surface area contributed by atoms with Crippen molar-refractivity contribution in [1.82, 2.24) is 15.1 Å². The summed E-state index contributed by atoms with van der Waals surface area (Å²) in [7, 11) is 0. The Labute approximate surface area is 180 Å². The second-order valence-electron chi connectivity index (χ2n) is 6.44. The van der Waals surface area contributed by atoms with Crippen molar-refractivity contribution in [2.45, 2.75) is 20.8 Å². The van der Waals surface area contributed by atoms with E-state index in [2.05, 4.69) is 10.4 Å². The molecule has 1 heterocycles. The normalized spacial score (nSPS) is 10.0. The first-order valence-electron chi connectivity index (χ1n) is 8.78. The van der Waals surface area contributed by atoms with Gasteiger partial charge in [-0.3, -0.25) is 9.59 Å². The van der Waals surface area contributed by atoms with Gasteiger partial charge in [-0.1, -0.05) is 37.2 Å². The molecular formula is C22H22ClN5O2. The molecule has 3 rings (SSSR count). The largest absolute Gasteiger partial charge is 0.368 e. The van der Waals surface area contributed by atoms with Gasteiger partial charge in [-0.2, -0.15) is 10.4 Å². The van der Waals surface area contributed by atoms with Crippen LogP contribution in [0.4, 0.5) is 0 Å². The van der Waals surface area contributed by atoms with Crippen molar-refractivity contribution in [3.63, 3.8) is 0 Å². The molecule has 3 aromatic rings. The maximum atomic E-state index is 12.4. The molecule has 0 fully saturated rings. The summed E-state index contributed by atoms with van der Waals surface area (Å²) >= 11 is 6.12. The fraction of sp³-hybridized carbons (Fsp3) is 0.182. The highest BCUT2D eigenvalue weighted by Gasteiger charge is 2.15. The maximum absolute atomic E-state index is 12.4. The molecule has 8 heteroatoms. The van der Waals surface area contributed by atoms with E-state index in [1.54, 1.807) is 35.0 Å². The van der Waals surface area contributed by atoms with Gasteiger partial charge in [0.1, 0.15) is 6.07 Å². The summed E-state index contributed by atoms with van der Waals surface area (Å²) in [6.45, 7) is 1.66. The predicted molar refractivity (Wildman–Crippen MR) is 116 cm³/mol. The van der Waals surface area contributed by atoms with Crippen LogP contribution in [0.2, 0.25) is 5.02 Å². The van der Waals surface area contributed by atoms with Crippen molar-refractivity contribution >= 4 is 23.4 Å². The van der Waals surface area contributed by atoms with Crippen molar-refractivity contribution in [3.05, 3.63) is 81.6 Å². The summed E-state index contributed by atoms with van der Waals surface area (Å²) in [6.07, 6.45) is 2.35. The van der Waals surface area contributed by atoms with Crippen molar-refractivity contribution in [3.8, 4) is 11.8 Å². The van der Waals surface area contributed by atoms with E-state index in [0.29, 0.717) is 22.6 Å². The molecule has 154 valence electrons. The number of aromatic nitrogens is 2. The topological polar surface area (TPSA) is 114 Å². The fourth-order valence-corrected chi connectivity index (χ4v) is 3.12. The molecule has 0 aliphatic carbocycles. The maximum Gasteiger partial charge on any atom is 0.252 e. The van der Waals surface area contributed by atoms with Crippen molar-refractivity contribution in [1.29, 1.82) is 5.26 Å². The number of nitrogens with one attached hydrogen (secondary N) is 1. The van der Waals surface area contributed by atoms with Crippen LogP contribution in [0.5, 0.6) is 0 Å². The average Bonchev–Trinajstić information content (AvgIpc) is 3.07. The number of nitrogens with two attached hydrogens (primary N) is 1. The lowest BCUT2D eigenvalue weighted by Crippen LogP contribution is -2.33. The highest BCUT2D eigenvalue weighted by atomic mass is 35.5. The lowest BCUT2D eigenvalue weighted by molar-refractivity contribution is -0.117. The molecule has 0 saturated carbocycles. The van der Waals surface area contributed by atoms with Crippen LogP contribution in [-0.2, 0) is 11.2 Å². The second-order valence-corrected chi connectivity index (χ2v) is 6.85. The van der Waals surface area contributed by atoms with Gasteiger partial charge < -0.3 is 11.1 Å². The number of halogens is 1. The Morgan fingerprint density at radius 2 is 1.97 bits per heavy atom. The van der Waals surface area contributed by atoms with Gasteiger partial charge in [0.25, 0.3) is 5.91 Å². The van der Waals surface area contributed by atoms with Crippen LogP contribution >= 0.6 is 11.6 Å². The Morgan fingerprint density at radius 3 is 2.63 bits per heavy atom. The number of primary amides is 1. The van der Waals surface area contributed by atoms with E-state index in [-0.39, 0.29) is 19.9 Å². The summed E-state index contributed by atoms with van der Waals surface area (Å²) in [5.41, 5.74) is 9.24. The minimum Gasteiger partial charge on any atom is -0.368 e. The first-order valence-corrected chi connectivity index (χ1v) is 9.16. The van der Waals surface area contributed by atoms with Crippen LogP contribution in [0, 0.1) is 18.3 Å². The zero-order valence-electron chi connectivity index (χ0n) is 15.6. The molecule has 2 amide bonds. The third-order valence-electron chi connectivity index (χ3n) is 4.40. The van der Waals surface area contributed by atoms with Crippen LogP contribution in [0.15, 0.2) is 48.7 Å². The highest BCUT2D eigenvalue weighted by molar-refractivity contribution is 6.31. The molecule has 0 saturated heterocycles.